The van der Waals surface area contributed by atoms with Gasteiger partial charge in [-0.1, -0.05) is 0 Å². The van der Waals surface area contributed by atoms with Gasteiger partial charge in [-0.05, 0) is 54.6 Å². The number of nitrogens with zero attached hydrogens (tertiary/aromatic N) is 4. The maximum atomic E-state index is 12.9. The Morgan fingerprint density at radius 2 is 1.07 bits per heavy atom. The van der Waals surface area contributed by atoms with Gasteiger partial charge in [-0.3, -0.25) is 18.2 Å². The average Bonchev–Trinajstić information content (AvgIpc) is 3.10. The molecular weight excluding hydrogens is 919 g/mol. The first-order valence-electron chi connectivity index (χ1n) is 15.4. The summed E-state index contributed by atoms with van der Waals surface area (Å²) in [5, 5.41) is 28.2. The van der Waals surface area contributed by atoms with Crippen molar-refractivity contribution in [2.75, 3.05) is 44.2 Å². The van der Waals surface area contributed by atoms with Crippen LogP contribution in [0.25, 0.3) is 10.8 Å². The molecule has 0 saturated carbocycles. The Balaban J connectivity index is 1.91. The van der Waals surface area contributed by atoms with Crippen molar-refractivity contribution in [3.63, 3.8) is 0 Å². The molecule has 0 radical (unpaired) electrons. The molecule has 322 valence electrons. The van der Waals surface area contributed by atoms with Crippen molar-refractivity contribution in [3.8, 4) is 11.5 Å². The molecule has 0 spiro atoms. The summed E-state index contributed by atoms with van der Waals surface area (Å²) >= 11 is 0. The number of benzene rings is 4. The van der Waals surface area contributed by atoms with Crippen molar-refractivity contribution < 1.29 is 86.9 Å². The molecule has 4 rings (SSSR count). The van der Waals surface area contributed by atoms with Crippen LogP contribution in [0.3, 0.4) is 0 Å². The van der Waals surface area contributed by atoms with E-state index in [4.69, 9.17) is 13.8 Å². The molecule has 0 fully saturated rings. The molecule has 0 bridgehead atoms. The summed E-state index contributed by atoms with van der Waals surface area (Å²) in [6, 6.07) is 8.02. The molecule has 0 aliphatic rings. The van der Waals surface area contributed by atoms with E-state index in [0.717, 1.165) is 37.4 Å². The van der Waals surface area contributed by atoms with Crippen molar-refractivity contribution in [2.45, 2.75) is 19.6 Å². The van der Waals surface area contributed by atoms with Gasteiger partial charge in [0, 0.05) is 17.8 Å². The van der Waals surface area contributed by atoms with Gasteiger partial charge in [0.25, 0.3) is 20.2 Å². The molecule has 0 unspecified atom stereocenters. The van der Waals surface area contributed by atoms with E-state index < -0.39 is 134 Å². The van der Waals surface area contributed by atoms with Gasteiger partial charge in [-0.2, -0.15) is 33.7 Å². The highest BCUT2D eigenvalue weighted by atomic mass is 32.3. The van der Waals surface area contributed by atoms with E-state index in [1.54, 1.807) is 0 Å². The summed E-state index contributed by atoms with van der Waals surface area (Å²) in [7, 11) is -26.9. The number of hydrogen-bond acceptors (Lipinski definition) is 21. The van der Waals surface area contributed by atoms with Gasteiger partial charge in [0.15, 0.2) is 25.4 Å². The number of sulfone groups is 2. The number of azo groups is 2. The van der Waals surface area contributed by atoms with Gasteiger partial charge in [0.05, 0.1) is 47.3 Å². The number of fused-ring (bicyclic) bond motifs is 1. The van der Waals surface area contributed by atoms with Gasteiger partial charge in [-0.15, -0.1) is 20.5 Å². The largest absolute Gasteiger partial charge is 0.506 e. The summed E-state index contributed by atoms with van der Waals surface area (Å²) < 4.78 is 196. The van der Waals surface area contributed by atoms with Crippen LogP contribution in [0.15, 0.2) is 94.6 Å². The zero-order chi connectivity index (χ0) is 44.4. The summed E-state index contributed by atoms with van der Waals surface area (Å²) in [5.74, 6) is -3.14. The second kappa shape index (κ2) is 17.4. The van der Waals surface area contributed by atoms with E-state index in [2.05, 4.69) is 34.1 Å². The third kappa shape index (κ3) is 11.9. The third-order valence-corrected chi connectivity index (χ3v) is 13.5. The zero-order valence-corrected chi connectivity index (χ0v) is 34.5. The highest BCUT2D eigenvalue weighted by Crippen LogP contribution is 2.47. The molecule has 25 nitrogen and oxygen atoms in total. The number of phenolic OH excluding ortho intramolecular Hbond substituents is 1. The van der Waals surface area contributed by atoms with Crippen molar-refractivity contribution in [3.05, 3.63) is 54.6 Å². The lowest BCUT2D eigenvalue weighted by atomic mass is 10.0. The quantitative estimate of drug-likeness (QED) is 0.0616. The first kappa shape index (κ1) is 46.9. The minimum absolute atomic E-state index is 0.0449. The fourth-order valence-corrected chi connectivity index (χ4v) is 9.16. The smallest absolute Gasteiger partial charge is 0.397 e. The van der Waals surface area contributed by atoms with Gasteiger partial charge in [0.1, 0.15) is 38.3 Å². The van der Waals surface area contributed by atoms with Gasteiger partial charge >= 0.3 is 20.8 Å². The maximum Gasteiger partial charge on any atom is 0.397 e. The van der Waals surface area contributed by atoms with Crippen LogP contribution in [0, 0.1) is 0 Å². The maximum absolute atomic E-state index is 12.9. The number of ether oxygens (including phenoxy) is 1. The van der Waals surface area contributed by atoms with Crippen LogP contribution in [0.4, 0.5) is 28.4 Å². The Morgan fingerprint density at radius 1 is 0.576 bits per heavy atom. The highest BCUT2D eigenvalue weighted by molar-refractivity contribution is 7.92. The number of phenols is 1. The van der Waals surface area contributed by atoms with Crippen LogP contribution in [-0.4, -0.2) is 113 Å². The lowest BCUT2D eigenvalue weighted by Gasteiger charge is -2.15. The molecule has 4 aromatic rings. The van der Waals surface area contributed by atoms with Crippen molar-refractivity contribution in [1.29, 1.82) is 0 Å². The van der Waals surface area contributed by atoms with Crippen molar-refractivity contribution in [1.82, 2.24) is 0 Å². The van der Waals surface area contributed by atoms with Crippen molar-refractivity contribution in [2.24, 2.45) is 20.5 Å². The summed E-state index contributed by atoms with van der Waals surface area (Å²) in [5.41, 5.74) is -2.38. The van der Waals surface area contributed by atoms with E-state index in [1.165, 1.54) is 19.2 Å². The zero-order valence-electron chi connectivity index (χ0n) is 29.6. The number of hydrogen-bond donors (Lipinski definition) is 6. The lowest BCUT2D eigenvalue weighted by Crippen LogP contribution is -2.15. The number of rotatable bonds is 18. The molecule has 0 aliphatic carbocycles. The molecule has 0 saturated heterocycles. The fourth-order valence-electron chi connectivity index (χ4n) is 4.90. The van der Waals surface area contributed by atoms with E-state index in [1.807, 2.05) is 0 Å². The molecule has 0 aromatic heterocycles. The first-order valence-corrected chi connectivity index (χ1v) is 24.3. The summed E-state index contributed by atoms with van der Waals surface area (Å²) in [6.45, 7) is -2.04. The SMILES string of the molecule is CNc1ccc2c(OC)c(N=Nc3cc(S(=O)(=O)CCOS(=O)(=O)O)ccc3O)c(S(=O)(=O)O)cc2c1N=Nc1cc(S(=O)(=O)CCOS(=O)(=O)O)ccc1S(=O)(=O)O. The van der Waals surface area contributed by atoms with Crippen LogP contribution < -0.4 is 10.1 Å². The monoisotopic (exact) mass is 947 g/mol. The van der Waals surface area contributed by atoms with Gasteiger partial charge < -0.3 is 15.2 Å². The molecule has 0 aliphatic heterocycles. The molecule has 0 amide bonds. The Kier molecular flexibility index (Phi) is 13.8. The number of methoxy groups -OCH3 is 1. The van der Waals surface area contributed by atoms with Crippen LogP contribution in [-0.2, 0) is 69.1 Å². The molecule has 31 heteroatoms. The number of aromatic hydroxyl groups is 1. The number of anilines is 1. The molecular formula is C28H29N5O20S6. The molecule has 4 aromatic carbocycles. The van der Waals surface area contributed by atoms with Crippen molar-refractivity contribution >= 4 is 99.9 Å². The summed E-state index contributed by atoms with van der Waals surface area (Å²) in [4.78, 5) is -3.22. The first-order chi connectivity index (χ1) is 27.1. The average molecular weight is 948 g/mol. The van der Waals surface area contributed by atoms with Gasteiger partial charge in [-0.25, -0.2) is 25.2 Å². The second-order valence-corrected chi connectivity index (χ2v) is 20.5. The molecule has 0 atom stereocenters. The molecule has 59 heavy (non-hydrogen) atoms. The molecule has 0 heterocycles. The van der Waals surface area contributed by atoms with E-state index in [-0.39, 0.29) is 22.1 Å². The Labute approximate surface area is 335 Å². The van der Waals surface area contributed by atoms with E-state index in [9.17, 15) is 64.7 Å². The van der Waals surface area contributed by atoms with E-state index >= 15 is 0 Å². The normalized spacial score (nSPS) is 13.4. The standard InChI is InChI=1S/C28H29N5O20S6/c1-29-20-6-5-18-19(26(20)32-31-22-14-17(4-8-24(22)56(39,40)41)55(37,38)12-10-53-59(48,49)50)15-25(57(42,43)44)27(28(18)51-2)33-30-21-13-16(3-7-23(21)34)54(35,36)11-9-52-58(45,46)47/h3-8,13-15,29,34H,9-12H2,1-2H3,(H,39,40,41)(H,42,43,44)(H,45,46,47)(H,48,49,50). The predicted octanol–water partition coefficient (Wildman–Crippen LogP) is 3.11. The minimum Gasteiger partial charge on any atom is -0.506 e. The number of nitrogens with one attached hydrogen (secondary N) is 1. The lowest BCUT2D eigenvalue weighted by molar-refractivity contribution is 0.282. The van der Waals surface area contributed by atoms with Crippen LogP contribution in [0.1, 0.15) is 0 Å². The second-order valence-electron chi connectivity index (χ2n) is 11.3. The third-order valence-electron chi connectivity index (χ3n) is 7.49. The predicted molar refractivity (Wildman–Crippen MR) is 202 cm³/mol. The van der Waals surface area contributed by atoms with Crippen LogP contribution >= 0.6 is 0 Å². The van der Waals surface area contributed by atoms with E-state index in [0.29, 0.717) is 12.1 Å². The summed E-state index contributed by atoms with van der Waals surface area (Å²) in [6.07, 6.45) is 0. The van der Waals surface area contributed by atoms with Crippen LogP contribution in [0.5, 0.6) is 11.5 Å². The Bertz CT molecular complexity index is 3070. The Morgan fingerprint density at radius 3 is 1.56 bits per heavy atom. The highest BCUT2D eigenvalue weighted by Gasteiger charge is 2.27. The minimum atomic E-state index is -5.31. The fraction of sp³-hybridized carbons (Fsp3) is 0.214. The topological polar surface area (TPSA) is 395 Å². The van der Waals surface area contributed by atoms with Crippen LogP contribution in [0.2, 0.25) is 0 Å². The Hall–Kier alpha value is -4.80. The molecule has 6 N–H and O–H groups in total. The van der Waals surface area contributed by atoms with Gasteiger partial charge in [0.2, 0.25) is 0 Å².